The second-order valence-corrected chi connectivity index (χ2v) is 9.84. The molecule has 0 heterocycles. The van der Waals surface area contributed by atoms with Gasteiger partial charge in [-0.2, -0.15) is 0 Å². The van der Waals surface area contributed by atoms with Gasteiger partial charge in [-0.15, -0.1) is 0 Å². The van der Waals surface area contributed by atoms with E-state index in [1.54, 1.807) is 0 Å². The van der Waals surface area contributed by atoms with Gasteiger partial charge in [0.25, 0.3) is 0 Å². The van der Waals surface area contributed by atoms with Crippen LogP contribution in [0.3, 0.4) is 0 Å². The molecule has 4 aromatic rings. The van der Waals surface area contributed by atoms with E-state index in [-0.39, 0.29) is 5.41 Å². The fourth-order valence-electron chi connectivity index (χ4n) is 3.39. The van der Waals surface area contributed by atoms with Crippen LogP contribution in [0.4, 0.5) is 0 Å². The number of rotatable bonds is 6. The summed E-state index contributed by atoms with van der Waals surface area (Å²) in [6.07, 6.45) is 0. The zero-order valence-corrected chi connectivity index (χ0v) is 21.2. The molecule has 2 nitrogen and oxygen atoms in total. The predicted molar refractivity (Wildman–Crippen MR) is 129 cm³/mol. The average molecular weight is 528 g/mol. The molecule has 0 saturated heterocycles. The molecule has 0 spiro atoms. The number of hydrogen-bond donors (Lipinski definition) is 0. The Morgan fingerprint density at radius 2 is 0.871 bits per heavy atom. The molecular formula is C27H22As2O2. The van der Waals surface area contributed by atoms with E-state index in [2.05, 4.69) is 71.8 Å². The van der Waals surface area contributed by atoms with E-state index in [0.29, 0.717) is 0 Å². The molecule has 0 aliphatic carbocycles. The van der Waals surface area contributed by atoms with Crippen molar-refractivity contribution in [3.63, 3.8) is 0 Å². The number of ether oxygens (including phenoxy) is 2. The molecule has 31 heavy (non-hydrogen) atoms. The van der Waals surface area contributed by atoms with Gasteiger partial charge in [-0.3, -0.25) is 0 Å². The van der Waals surface area contributed by atoms with Crippen LogP contribution in [-0.4, -0.2) is 33.7 Å². The van der Waals surface area contributed by atoms with Gasteiger partial charge >= 0.3 is 202 Å². The van der Waals surface area contributed by atoms with Crippen LogP contribution >= 0.6 is 0 Å². The Hall–Kier alpha value is -2.40. The SMILES string of the molecule is CC(C)(c1ccc(Oc2ccccc2[As])cc1)c1ccc(Oc2ccccc2[As])cc1. The molecule has 0 aromatic heterocycles. The van der Waals surface area contributed by atoms with E-state index in [0.717, 1.165) is 31.7 Å². The zero-order chi connectivity index (χ0) is 21.8. The Balaban J connectivity index is 1.50. The summed E-state index contributed by atoms with van der Waals surface area (Å²) in [6, 6.07) is 32.7. The molecule has 152 valence electrons. The third-order valence-electron chi connectivity index (χ3n) is 5.34. The summed E-state index contributed by atoms with van der Waals surface area (Å²) >= 11 is 5.09. The first-order chi connectivity index (χ1) is 14.9. The predicted octanol–water partition coefficient (Wildman–Crippen LogP) is 5.18. The first-order valence-corrected chi connectivity index (χ1v) is 11.9. The first kappa shape index (κ1) is 21.8. The van der Waals surface area contributed by atoms with Crippen LogP contribution in [0.1, 0.15) is 25.0 Å². The minimum atomic E-state index is -0.143. The van der Waals surface area contributed by atoms with Crippen molar-refractivity contribution in [3.8, 4) is 23.0 Å². The fourth-order valence-corrected chi connectivity index (χ4v) is 4.25. The minimum absolute atomic E-state index is 0.143. The molecule has 0 N–H and O–H groups in total. The van der Waals surface area contributed by atoms with Gasteiger partial charge in [-0.05, 0) is 0 Å². The third kappa shape index (κ3) is 5.09. The van der Waals surface area contributed by atoms with E-state index >= 15 is 0 Å². The van der Waals surface area contributed by atoms with Crippen LogP contribution < -0.4 is 18.2 Å². The molecule has 0 bridgehead atoms. The zero-order valence-electron chi connectivity index (χ0n) is 17.4. The van der Waals surface area contributed by atoms with Gasteiger partial charge in [0.2, 0.25) is 0 Å². The molecule has 0 unspecified atom stereocenters. The topological polar surface area (TPSA) is 18.5 Å². The summed E-state index contributed by atoms with van der Waals surface area (Å²) in [5, 5.41) is 0. The van der Waals surface area contributed by atoms with Crippen molar-refractivity contribution in [3.05, 3.63) is 108 Å². The number of hydrogen-bond acceptors (Lipinski definition) is 2. The number of benzene rings is 4. The van der Waals surface area contributed by atoms with Crippen molar-refractivity contribution >= 4 is 42.4 Å². The van der Waals surface area contributed by atoms with Gasteiger partial charge in [0, 0.05) is 0 Å². The molecule has 0 amide bonds. The van der Waals surface area contributed by atoms with Gasteiger partial charge in [-0.25, -0.2) is 0 Å². The summed E-state index contributed by atoms with van der Waals surface area (Å²) in [4.78, 5) is 0. The van der Waals surface area contributed by atoms with Crippen LogP contribution in [0.25, 0.3) is 0 Å². The maximum atomic E-state index is 6.03. The van der Waals surface area contributed by atoms with E-state index in [9.17, 15) is 0 Å². The van der Waals surface area contributed by atoms with Gasteiger partial charge in [0.05, 0.1) is 0 Å². The first-order valence-electron chi connectivity index (χ1n) is 10.1. The fraction of sp³-hybridized carbons (Fsp3) is 0.111. The van der Waals surface area contributed by atoms with Crippen LogP contribution in [0.15, 0.2) is 97.1 Å². The van der Waals surface area contributed by atoms with E-state index in [1.807, 2.05) is 72.8 Å². The second-order valence-electron chi connectivity index (χ2n) is 7.81. The van der Waals surface area contributed by atoms with Crippen molar-refractivity contribution in [1.82, 2.24) is 0 Å². The average Bonchev–Trinajstić information content (AvgIpc) is 2.78. The Morgan fingerprint density at radius 1 is 0.516 bits per heavy atom. The summed E-state index contributed by atoms with van der Waals surface area (Å²) in [6.45, 7) is 4.47. The van der Waals surface area contributed by atoms with Gasteiger partial charge in [0.1, 0.15) is 0 Å². The second kappa shape index (κ2) is 9.39. The molecule has 0 aliphatic heterocycles. The molecule has 4 radical (unpaired) electrons. The standard InChI is InChI=1S/C27H22As2O2/c1-27(2,19-11-15-21(16-12-19)30-25-9-5-3-7-23(25)28)20-13-17-22(18-14-20)31-26-10-6-4-8-24(26)29/h3-18H,1-2H3. The Kier molecular flexibility index (Phi) is 6.61. The Morgan fingerprint density at radius 3 is 1.23 bits per heavy atom. The Bertz CT molecular complexity index is 1070. The normalized spacial score (nSPS) is 11.2. The molecular weight excluding hydrogens is 506 g/mol. The summed E-state index contributed by atoms with van der Waals surface area (Å²) in [7, 11) is 0. The van der Waals surface area contributed by atoms with Gasteiger partial charge in [0.15, 0.2) is 0 Å². The summed E-state index contributed by atoms with van der Waals surface area (Å²) < 4.78 is 14.2. The van der Waals surface area contributed by atoms with E-state index in [1.165, 1.54) is 11.1 Å². The van der Waals surface area contributed by atoms with Crippen LogP contribution in [0.5, 0.6) is 23.0 Å². The van der Waals surface area contributed by atoms with Crippen LogP contribution in [0, 0.1) is 0 Å². The molecule has 0 aliphatic rings. The van der Waals surface area contributed by atoms with Crippen LogP contribution in [-0.2, 0) is 5.41 Å². The Labute approximate surface area is 201 Å². The molecule has 0 saturated carbocycles. The van der Waals surface area contributed by atoms with Crippen molar-refractivity contribution in [2.24, 2.45) is 0 Å². The molecule has 4 heteroatoms. The van der Waals surface area contributed by atoms with Gasteiger partial charge in [-0.1, -0.05) is 0 Å². The molecule has 4 aromatic carbocycles. The number of para-hydroxylation sites is 2. The quantitative estimate of drug-likeness (QED) is 0.321. The van der Waals surface area contributed by atoms with Crippen molar-refractivity contribution in [2.45, 2.75) is 19.3 Å². The van der Waals surface area contributed by atoms with Crippen molar-refractivity contribution in [1.29, 1.82) is 0 Å². The van der Waals surface area contributed by atoms with Crippen molar-refractivity contribution in [2.75, 3.05) is 0 Å². The molecule has 0 fully saturated rings. The maximum absolute atomic E-state index is 6.03. The van der Waals surface area contributed by atoms with E-state index in [4.69, 9.17) is 9.47 Å². The third-order valence-corrected chi connectivity index (χ3v) is 6.89. The van der Waals surface area contributed by atoms with Gasteiger partial charge < -0.3 is 0 Å². The van der Waals surface area contributed by atoms with Crippen LogP contribution in [0.2, 0.25) is 0 Å². The summed E-state index contributed by atoms with van der Waals surface area (Å²) in [5.74, 6) is 3.38. The monoisotopic (exact) mass is 528 g/mol. The van der Waals surface area contributed by atoms with Crippen molar-refractivity contribution < 1.29 is 9.47 Å². The molecule has 4 rings (SSSR count). The molecule has 0 atom stereocenters. The summed E-state index contributed by atoms with van der Waals surface area (Å²) in [5.41, 5.74) is 2.31. The van der Waals surface area contributed by atoms with E-state index < -0.39 is 0 Å².